The van der Waals surface area contributed by atoms with Gasteiger partial charge in [0.25, 0.3) is 0 Å². The topological polar surface area (TPSA) is 118 Å². The van der Waals surface area contributed by atoms with Crippen LogP contribution >= 0.6 is 0 Å². The molecular weight excluding hydrogens is 344 g/mol. The number of ketones is 1. The van der Waals surface area contributed by atoms with Gasteiger partial charge in [-0.3, -0.25) is 14.5 Å². The molecule has 2 aromatic heterocycles. The Morgan fingerprint density at radius 2 is 2.04 bits per heavy atom. The number of benzene rings is 1. The fourth-order valence-electron chi connectivity index (χ4n) is 3.54. The SMILES string of the molecule is NCCn1nc2c3c(c(NCCNCCO)ccc31)C(=O)c1cnccc1-2. The summed E-state index contributed by atoms with van der Waals surface area (Å²) in [6.45, 7) is 3.02. The van der Waals surface area contributed by atoms with E-state index in [4.69, 9.17) is 15.9 Å². The smallest absolute Gasteiger partial charge is 0.198 e. The van der Waals surface area contributed by atoms with Crippen molar-refractivity contribution in [2.45, 2.75) is 6.54 Å². The minimum absolute atomic E-state index is 0.0469. The second-order valence-electron chi connectivity index (χ2n) is 6.39. The lowest BCUT2D eigenvalue weighted by Crippen LogP contribution is -2.25. The Bertz CT molecular complexity index is 997. The Morgan fingerprint density at radius 1 is 1.15 bits per heavy atom. The summed E-state index contributed by atoms with van der Waals surface area (Å²) in [6.07, 6.45) is 3.29. The molecule has 3 aromatic rings. The van der Waals surface area contributed by atoms with E-state index in [1.165, 1.54) is 0 Å². The third kappa shape index (κ3) is 2.97. The monoisotopic (exact) mass is 366 g/mol. The molecule has 0 fully saturated rings. The number of carbonyl (C=O) groups excluding carboxylic acids is 1. The molecule has 8 heteroatoms. The third-order valence-electron chi connectivity index (χ3n) is 4.71. The molecule has 0 spiro atoms. The molecule has 0 aliphatic heterocycles. The lowest BCUT2D eigenvalue weighted by Gasteiger charge is -2.18. The van der Waals surface area contributed by atoms with Gasteiger partial charge in [-0.15, -0.1) is 0 Å². The van der Waals surface area contributed by atoms with E-state index in [0.717, 1.165) is 27.8 Å². The first kappa shape index (κ1) is 17.6. The number of carbonyl (C=O) groups is 1. The number of nitrogens with one attached hydrogen (secondary N) is 2. The number of hydrogen-bond donors (Lipinski definition) is 4. The van der Waals surface area contributed by atoms with E-state index < -0.39 is 0 Å². The Labute approximate surface area is 156 Å². The predicted molar refractivity (Wildman–Crippen MR) is 104 cm³/mol. The highest BCUT2D eigenvalue weighted by atomic mass is 16.3. The first-order chi connectivity index (χ1) is 13.3. The summed E-state index contributed by atoms with van der Waals surface area (Å²) in [4.78, 5) is 17.4. The zero-order valence-corrected chi connectivity index (χ0v) is 14.9. The van der Waals surface area contributed by atoms with Crippen molar-refractivity contribution in [3.63, 3.8) is 0 Å². The van der Waals surface area contributed by atoms with E-state index >= 15 is 0 Å². The first-order valence-electron chi connectivity index (χ1n) is 9.04. The molecule has 1 aliphatic rings. The van der Waals surface area contributed by atoms with Crippen LogP contribution in [0.2, 0.25) is 0 Å². The molecule has 4 rings (SSSR count). The molecule has 5 N–H and O–H groups in total. The van der Waals surface area contributed by atoms with Crippen molar-refractivity contribution in [1.29, 1.82) is 0 Å². The number of anilines is 1. The molecule has 0 saturated carbocycles. The van der Waals surface area contributed by atoms with Crippen LogP contribution in [0.1, 0.15) is 15.9 Å². The van der Waals surface area contributed by atoms with Gasteiger partial charge in [0, 0.05) is 55.2 Å². The predicted octanol–water partition coefficient (Wildman–Crippen LogP) is 0.595. The highest BCUT2D eigenvalue weighted by Gasteiger charge is 2.31. The van der Waals surface area contributed by atoms with Crippen LogP contribution in [0.3, 0.4) is 0 Å². The van der Waals surface area contributed by atoms with Gasteiger partial charge in [0.15, 0.2) is 5.78 Å². The molecule has 27 heavy (non-hydrogen) atoms. The molecule has 8 nitrogen and oxygen atoms in total. The molecule has 2 heterocycles. The van der Waals surface area contributed by atoms with Gasteiger partial charge in [-0.25, -0.2) is 0 Å². The van der Waals surface area contributed by atoms with Gasteiger partial charge in [-0.2, -0.15) is 5.10 Å². The van der Waals surface area contributed by atoms with E-state index in [9.17, 15) is 4.79 Å². The van der Waals surface area contributed by atoms with Crippen molar-refractivity contribution in [1.82, 2.24) is 20.1 Å². The number of aliphatic hydroxyl groups excluding tert-OH is 1. The van der Waals surface area contributed by atoms with Crippen LogP contribution in [-0.2, 0) is 6.54 Å². The number of aliphatic hydroxyl groups is 1. The number of nitrogens with zero attached hydrogens (tertiary/aromatic N) is 3. The Hall–Kier alpha value is -2.81. The average molecular weight is 366 g/mol. The van der Waals surface area contributed by atoms with Crippen molar-refractivity contribution in [3.05, 3.63) is 41.7 Å². The second-order valence-corrected chi connectivity index (χ2v) is 6.39. The van der Waals surface area contributed by atoms with Gasteiger partial charge in [-0.05, 0) is 18.2 Å². The Kier molecular flexibility index (Phi) is 4.85. The van der Waals surface area contributed by atoms with Gasteiger partial charge >= 0.3 is 0 Å². The maximum Gasteiger partial charge on any atom is 0.198 e. The van der Waals surface area contributed by atoms with E-state index in [2.05, 4.69) is 15.6 Å². The fourth-order valence-corrected chi connectivity index (χ4v) is 3.54. The van der Waals surface area contributed by atoms with Crippen molar-refractivity contribution in [3.8, 4) is 11.3 Å². The van der Waals surface area contributed by atoms with Gasteiger partial charge in [0.1, 0.15) is 5.69 Å². The zero-order chi connectivity index (χ0) is 18.8. The first-order valence-corrected chi connectivity index (χ1v) is 9.04. The van der Waals surface area contributed by atoms with Gasteiger partial charge in [0.05, 0.1) is 29.8 Å². The Morgan fingerprint density at radius 3 is 2.85 bits per heavy atom. The van der Waals surface area contributed by atoms with Crippen LogP contribution in [0.25, 0.3) is 22.2 Å². The van der Waals surface area contributed by atoms with Crippen LogP contribution in [-0.4, -0.2) is 58.4 Å². The molecule has 0 atom stereocenters. The standard InChI is InChI=1S/C19H22N6O2/c20-4-9-25-15-2-1-14(23-7-6-21-8-10-26)16-17(15)18(24-25)12-3-5-22-11-13(12)19(16)27/h1-3,5,11,21,23,26H,4,6-10,20H2. The average Bonchev–Trinajstić information content (AvgIpc) is 3.06. The minimum atomic E-state index is -0.0469. The molecule has 0 saturated heterocycles. The molecular formula is C19H22N6O2. The lowest BCUT2D eigenvalue weighted by molar-refractivity contribution is 0.104. The summed E-state index contributed by atoms with van der Waals surface area (Å²) in [5.74, 6) is -0.0469. The van der Waals surface area contributed by atoms with Crippen LogP contribution in [0.4, 0.5) is 5.69 Å². The molecule has 0 amide bonds. The third-order valence-corrected chi connectivity index (χ3v) is 4.71. The number of rotatable bonds is 8. The quantitative estimate of drug-likeness (QED) is 0.337. The molecule has 0 radical (unpaired) electrons. The maximum absolute atomic E-state index is 13.2. The van der Waals surface area contributed by atoms with Gasteiger partial charge in [0.2, 0.25) is 0 Å². The Balaban J connectivity index is 1.81. The van der Waals surface area contributed by atoms with E-state index in [1.807, 2.05) is 22.9 Å². The summed E-state index contributed by atoms with van der Waals surface area (Å²) >= 11 is 0. The number of hydrogen-bond acceptors (Lipinski definition) is 7. The van der Waals surface area contributed by atoms with Crippen molar-refractivity contribution in [2.75, 3.05) is 38.1 Å². The number of pyridine rings is 1. The van der Waals surface area contributed by atoms with E-state index in [0.29, 0.717) is 43.9 Å². The summed E-state index contributed by atoms with van der Waals surface area (Å²) in [6, 6.07) is 5.74. The molecule has 1 aromatic carbocycles. The van der Waals surface area contributed by atoms with Crippen LogP contribution in [0.5, 0.6) is 0 Å². The highest BCUT2D eigenvalue weighted by Crippen LogP contribution is 2.41. The van der Waals surface area contributed by atoms with Crippen molar-refractivity contribution < 1.29 is 9.90 Å². The van der Waals surface area contributed by atoms with E-state index in [1.54, 1.807) is 12.4 Å². The van der Waals surface area contributed by atoms with Crippen LogP contribution in [0.15, 0.2) is 30.6 Å². The largest absolute Gasteiger partial charge is 0.395 e. The number of nitrogens with two attached hydrogens (primary N) is 1. The van der Waals surface area contributed by atoms with Crippen LogP contribution < -0.4 is 16.4 Å². The molecule has 0 unspecified atom stereocenters. The normalized spacial score (nSPS) is 12.4. The molecule has 0 bridgehead atoms. The highest BCUT2D eigenvalue weighted by molar-refractivity contribution is 6.27. The van der Waals surface area contributed by atoms with Crippen molar-refractivity contribution in [2.24, 2.45) is 5.73 Å². The zero-order valence-electron chi connectivity index (χ0n) is 14.9. The summed E-state index contributed by atoms with van der Waals surface area (Å²) in [5, 5.41) is 20.9. The summed E-state index contributed by atoms with van der Waals surface area (Å²) in [7, 11) is 0. The molecule has 140 valence electrons. The fraction of sp³-hybridized carbons (Fsp3) is 0.316. The van der Waals surface area contributed by atoms with E-state index in [-0.39, 0.29) is 12.4 Å². The number of aromatic nitrogens is 3. The van der Waals surface area contributed by atoms with Crippen molar-refractivity contribution >= 4 is 22.4 Å². The van der Waals surface area contributed by atoms with Crippen LogP contribution in [0, 0.1) is 0 Å². The van der Waals surface area contributed by atoms with Gasteiger partial charge < -0.3 is 21.5 Å². The number of fused-ring (bicyclic) bond motifs is 2. The minimum Gasteiger partial charge on any atom is -0.395 e. The summed E-state index contributed by atoms with van der Waals surface area (Å²) in [5.41, 5.74) is 10.2. The lowest BCUT2D eigenvalue weighted by atomic mass is 9.87. The molecule has 1 aliphatic carbocycles. The van der Waals surface area contributed by atoms with Gasteiger partial charge in [-0.1, -0.05) is 0 Å². The summed E-state index contributed by atoms with van der Waals surface area (Å²) < 4.78 is 1.86. The maximum atomic E-state index is 13.2. The second kappa shape index (κ2) is 7.43.